The second kappa shape index (κ2) is 42.5. The molecule has 0 rings (SSSR count). The zero-order valence-corrected chi connectivity index (χ0v) is 41.1. The maximum atomic E-state index is 7.10. The lowest BCUT2D eigenvalue weighted by molar-refractivity contribution is -0.243. The molecule has 60 heavy (non-hydrogen) atoms. The molecule has 0 aliphatic rings. The fourth-order valence-electron chi connectivity index (χ4n) is 6.06. The third-order valence-corrected chi connectivity index (χ3v) is 9.71. The van der Waals surface area contributed by atoms with Crippen LogP contribution < -0.4 is 0 Å². The van der Waals surface area contributed by atoms with Crippen LogP contribution in [0.15, 0.2) is 0 Å². The van der Waals surface area contributed by atoms with Gasteiger partial charge in [0.05, 0.1) is 89.5 Å². The Balaban J connectivity index is 7.14. The van der Waals surface area contributed by atoms with Crippen LogP contribution >= 0.6 is 0 Å². The van der Waals surface area contributed by atoms with E-state index in [0.29, 0.717) is 79.3 Å². The molecule has 10 atom stereocenters. The Morgan fingerprint density at radius 3 is 0.717 bits per heavy atom. The topological polar surface area (TPSA) is 111 Å². The van der Waals surface area contributed by atoms with Gasteiger partial charge in [-0.25, -0.2) is 0 Å². The normalized spacial score (nSPS) is 17.2. The highest BCUT2D eigenvalue weighted by molar-refractivity contribution is 4.89. The van der Waals surface area contributed by atoms with Crippen LogP contribution in [-0.4, -0.2) is 154 Å². The van der Waals surface area contributed by atoms with Gasteiger partial charge in [-0.1, -0.05) is 80.1 Å². The summed E-state index contributed by atoms with van der Waals surface area (Å²) in [5.41, 5.74) is 0. The largest absolute Gasteiger partial charge is 0.379 e. The summed E-state index contributed by atoms with van der Waals surface area (Å²) in [5.74, 6) is 0. The van der Waals surface area contributed by atoms with E-state index in [-0.39, 0.29) is 49.8 Å². The van der Waals surface area contributed by atoms with Gasteiger partial charge in [0, 0.05) is 39.6 Å². The highest BCUT2D eigenvalue weighted by Crippen LogP contribution is 2.25. The molecule has 0 radical (unpaired) electrons. The Morgan fingerprint density at radius 1 is 0.267 bits per heavy atom. The van der Waals surface area contributed by atoms with Gasteiger partial charge in [0.2, 0.25) is 0 Å². The highest BCUT2D eigenvalue weighted by atomic mass is 16.6. The summed E-state index contributed by atoms with van der Waals surface area (Å²) in [6, 6.07) is 0. The van der Waals surface area contributed by atoms with E-state index < -0.39 is 24.4 Å². The van der Waals surface area contributed by atoms with Crippen LogP contribution in [0, 0.1) is 0 Å². The van der Waals surface area contributed by atoms with Gasteiger partial charge in [0.15, 0.2) is 0 Å². The smallest absolute Gasteiger partial charge is 0.115 e. The summed E-state index contributed by atoms with van der Waals surface area (Å²) in [6.07, 6.45) is 8.40. The first-order valence-electron chi connectivity index (χ1n) is 24.4. The van der Waals surface area contributed by atoms with Crippen molar-refractivity contribution in [2.24, 2.45) is 0 Å². The molecule has 0 saturated carbocycles. The van der Waals surface area contributed by atoms with Gasteiger partial charge in [-0.05, 0) is 80.1 Å². The van der Waals surface area contributed by atoms with Crippen molar-refractivity contribution in [3.05, 3.63) is 0 Å². The minimum Gasteiger partial charge on any atom is -0.379 e. The van der Waals surface area contributed by atoms with Crippen molar-refractivity contribution in [2.75, 3.05) is 92.5 Å². The Kier molecular flexibility index (Phi) is 42.1. The molecule has 0 saturated heterocycles. The average molecular weight is 867 g/mol. The zero-order chi connectivity index (χ0) is 44.6. The van der Waals surface area contributed by atoms with Gasteiger partial charge in [-0.2, -0.15) is 0 Å². The standard InChI is InChI=1S/C48H98O12/c1-13-19-25-49-31-39(7)55-37-45(57-41(9)33-51-27-21-15-3)47(59-43(11)35-53-29-23-17-5)48(60-44(12)36-54-30-24-18-6)46(58-42(10)34-52-28-22-16-4)38-56-40(8)32-50-26-20-14-2/h39-48H,13-38H2,1-12H3. The molecule has 12 heteroatoms. The van der Waals surface area contributed by atoms with Crippen LogP contribution in [0.5, 0.6) is 0 Å². The van der Waals surface area contributed by atoms with Crippen molar-refractivity contribution in [3.8, 4) is 0 Å². The van der Waals surface area contributed by atoms with Crippen molar-refractivity contribution < 1.29 is 56.8 Å². The molecule has 10 unspecified atom stereocenters. The molecule has 0 aromatic rings. The van der Waals surface area contributed by atoms with Crippen LogP contribution in [0.3, 0.4) is 0 Å². The third-order valence-electron chi connectivity index (χ3n) is 9.71. The Hall–Kier alpha value is -0.480. The van der Waals surface area contributed by atoms with Crippen molar-refractivity contribution >= 4 is 0 Å². The van der Waals surface area contributed by atoms with Crippen LogP contribution in [0.25, 0.3) is 0 Å². The Morgan fingerprint density at radius 2 is 0.483 bits per heavy atom. The highest BCUT2D eigenvalue weighted by Gasteiger charge is 2.42. The van der Waals surface area contributed by atoms with Crippen molar-refractivity contribution in [1.29, 1.82) is 0 Å². The lowest BCUT2D eigenvalue weighted by Crippen LogP contribution is -2.56. The minimum absolute atomic E-state index is 0.172. The summed E-state index contributed by atoms with van der Waals surface area (Å²) in [7, 11) is 0. The number of hydrogen-bond donors (Lipinski definition) is 0. The summed E-state index contributed by atoms with van der Waals surface area (Å²) in [6.45, 7) is 32.4. The van der Waals surface area contributed by atoms with Gasteiger partial charge >= 0.3 is 0 Å². The number of hydrogen-bond acceptors (Lipinski definition) is 12. The molecule has 0 N–H and O–H groups in total. The predicted octanol–water partition coefficient (Wildman–Crippen LogP) is 9.79. The molecule has 0 heterocycles. The lowest BCUT2D eigenvalue weighted by Gasteiger charge is -2.41. The van der Waals surface area contributed by atoms with Gasteiger partial charge in [0.1, 0.15) is 24.4 Å². The van der Waals surface area contributed by atoms with Crippen molar-refractivity contribution in [3.63, 3.8) is 0 Å². The number of ether oxygens (including phenoxy) is 12. The molecule has 0 aliphatic carbocycles. The quantitative estimate of drug-likeness (QED) is 0.0543. The van der Waals surface area contributed by atoms with E-state index in [9.17, 15) is 0 Å². The number of rotatable bonds is 47. The van der Waals surface area contributed by atoms with Gasteiger partial charge in [-0.3, -0.25) is 0 Å². The van der Waals surface area contributed by atoms with Crippen LogP contribution in [0.2, 0.25) is 0 Å². The molecule has 362 valence electrons. The Labute approximate surface area is 369 Å². The maximum Gasteiger partial charge on any atom is 0.115 e. The summed E-state index contributed by atoms with van der Waals surface area (Å²) < 4.78 is 77.5. The molecule has 0 amide bonds. The fraction of sp³-hybridized carbons (Fsp3) is 1.00. The third kappa shape index (κ3) is 34.0. The summed E-state index contributed by atoms with van der Waals surface area (Å²) >= 11 is 0. The second-order valence-corrected chi connectivity index (χ2v) is 16.7. The SMILES string of the molecule is CCCCOCC(C)OCC(OC(C)COCCCC)C(OC(C)COCCCC)C(OC(C)COCCCC)C(COC(C)COCCCC)OC(C)COCCCC. The van der Waals surface area contributed by atoms with Crippen LogP contribution in [0.1, 0.15) is 160 Å². The van der Waals surface area contributed by atoms with Crippen molar-refractivity contribution in [2.45, 2.75) is 221 Å². The minimum atomic E-state index is -0.669. The van der Waals surface area contributed by atoms with E-state index in [2.05, 4.69) is 41.5 Å². The van der Waals surface area contributed by atoms with E-state index in [1.807, 2.05) is 41.5 Å². The predicted molar refractivity (Wildman–Crippen MR) is 243 cm³/mol. The van der Waals surface area contributed by atoms with E-state index in [0.717, 1.165) is 77.0 Å². The molecular formula is C48H98O12. The first-order chi connectivity index (χ1) is 29.1. The number of unbranched alkanes of at least 4 members (excludes halogenated alkanes) is 6. The Bertz CT molecular complexity index is 803. The zero-order valence-electron chi connectivity index (χ0n) is 41.1. The molecule has 0 bridgehead atoms. The van der Waals surface area contributed by atoms with Gasteiger partial charge < -0.3 is 56.8 Å². The van der Waals surface area contributed by atoms with Crippen LogP contribution in [0.4, 0.5) is 0 Å². The summed E-state index contributed by atoms with van der Waals surface area (Å²) in [4.78, 5) is 0. The molecule has 0 aliphatic heterocycles. The maximum absolute atomic E-state index is 7.10. The fourth-order valence-corrected chi connectivity index (χ4v) is 6.06. The second-order valence-electron chi connectivity index (χ2n) is 16.7. The summed E-state index contributed by atoms with van der Waals surface area (Å²) in [5, 5.41) is 0. The van der Waals surface area contributed by atoms with Crippen LogP contribution in [-0.2, 0) is 56.8 Å². The van der Waals surface area contributed by atoms with Crippen molar-refractivity contribution in [1.82, 2.24) is 0 Å². The van der Waals surface area contributed by atoms with E-state index in [1.54, 1.807) is 0 Å². The van der Waals surface area contributed by atoms with E-state index >= 15 is 0 Å². The van der Waals surface area contributed by atoms with Gasteiger partial charge in [-0.15, -0.1) is 0 Å². The first kappa shape index (κ1) is 59.5. The van der Waals surface area contributed by atoms with Gasteiger partial charge in [0.25, 0.3) is 0 Å². The van der Waals surface area contributed by atoms with E-state index in [1.165, 1.54) is 0 Å². The molecule has 0 aromatic heterocycles. The average Bonchev–Trinajstić information content (AvgIpc) is 3.23. The van der Waals surface area contributed by atoms with E-state index in [4.69, 9.17) is 56.8 Å². The molecule has 0 aromatic carbocycles. The molecule has 0 spiro atoms. The monoisotopic (exact) mass is 867 g/mol. The molecule has 0 fully saturated rings. The lowest BCUT2D eigenvalue weighted by atomic mass is 10.0. The first-order valence-corrected chi connectivity index (χ1v) is 24.4. The molecular weight excluding hydrogens is 769 g/mol. The molecule has 12 nitrogen and oxygen atoms in total.